The maximum atomic E-state index is 13.5. The van der Waals surface area contributed by atoms with Crippen molar-refractivity contribution in [2.75, 3.05) is 0 Å². The van der Waals surface area contributed by atoms with E-state index >= 15 is 0 Å². The van der Waals surface area contributed by atoms with Crippen LogP contribution in [-0.4, -0.2) is 28.4 Å². The molecule has 1 aliphatic heterocycles. The van der Waals surface area contributed by atoms with E-state index in [1.165, 1.54) is 13.8 Å². The summed E-state index contributed by atoms with van der Waals surface area (Å²) in [6.07, 6.45) is 0. The summed E-state index contributed by atoms with van der Waals surface area (Å²) in [7, 11) is 0. The summed E-state index contributed by atoms with van der Waals surface area (Å²) < 4.78 is 0. The van der Waals surface area contributed by atoms with Gasteiger partial charge in [-0.2, -0.15) is 0 Å². The molecule has 6 nitrogen and oxygen atoms in total. The summed E-state index contributed by atoms with van der Waals surface area (Å²) in [5.41, 5.74) is -1.07. The second-order valence-corrected chi connectivity index (χ2v) is 6.17. The molecule has 0 radical (unpaired) electrons. The topological polar surface area (TPSA) is 83.6 Å². The first kappa shape index (κ1) is 17.5. The molecule has 0 aliphatic carbocycles. The minimum absolute atomic E-state index is 0.329. The molecule has 26 heavy (non-hydrogen) atoms. The number of likely N-dealkylation sites (tertiary alicyclic amines) is 1. The third-order valence-electron chi connectivity index (χ3n) is 4.44. The van der Waals surface area contributed by atoms with E-state index < -0.39 is 35.1 Å². The van der Waals surface area contributed by atoms with Crippen LogP contribution in [0.3, 0.4) is 0 Å². The molecule has 2 aromatic rings. The lowest BCUT2D eigenvalue weighted by molar-refractivity contribution is -0.146. The van der Waals surface area contributed by atoms with Gasteiger partial charge in [0.1, 0.15) is 6.04 Å². The highest BCUT2D eigenvalue weighted by molar-refractivity contribution is 6.24. The summed E-state index contributed by atoms with van der Waals surface area (Å²) in [6.45, 7) is 2.47. The SMILES string of the molecule is CC(=O)NC1(c2ccccc2)C(=O)C(c2ccccc2)N(C(C)=O)C1=O. The number of carbonyl (C=O) groups is 4. The molecule has 3 amide bonds. The Bertz CT molecular complexity index is 879. The minimum Gasteiger partial charge on any atom is -0.332 e. The number of amides is 3. The van der Waals surface area contributed by atoms with Crippen molar-refractivity contribution in [2.45, 2.75) is 25.4 Å². The van der Waals surface area contributed by atoms with Gasteiger partial charge >= 0.3 is 0 Å². The Labute approximate surface area is 150 Å². The third-order valence-corrected chi connectivity index (χ3v) is 4.44. The second-order valence-electron chi connectivity index (χ2n) is 6.17. The number of carbonyl (C=O) groups excluding carboxylic acids is 4. The first-order valence-corrected chi connectivity index (χ1v) is 8.17. The molecular weight excluding hydrogens is 332 g/mol. The van der Waals surface area contributed by atoms with Crippen molar-refractivity contribution < 1.29 is 19.2 Å². The molecule has 0 spiro atoms. The zero-order chi connectivity index (χ0) is 18.9. The molecule has 1 heterocycles. The Hall–Kier alpha value is -3.28. The molecule has 2 unspecified atom stereocenters. The summed E-state index contributed by atoms with van der Waals surface area (Å²) in [5.74, 6) is -2.39. The normalized spacial score (nSPS) is 22.4. The van der Waals surface area contributed by atoms with Crippen LogP contribution in [0.15, 0.2) is 60.7 Å². The van der Waals surface area contributed by atoms with E-state index in [9.17, 15) is 19.2 Å². The maximum Gasteiger partial charge on any atom is 0.268 e. The van der Waals surface area contributed by atoms with Gasteiger partial charge in [-0.1, -0.05) is 60.7 Å². The number of rotatable bonds is 3. The Morgan fingerprint density at radius 2 is 1.46 bits per heavy atom. The zero-order valence-electron chi connectivity index (χ0n) is 14.4. The number of ketones is 1. The number of hydrogen-bond donors (Lipinski definition) is 1. The molecule has 0 aromatic heterocycles. The van der Waals surface area contributed by atoms with Crippen LogP contribution in [0.2, 0.25) is 0 Å². The van der Waals surface area contributed by atoms with Crippen LogP contribution >= 0.6 is 0 Å². The van der Waals surface area contributed by atoms with Crippen molar-refractivity contribution in [3.63, 3.8) is 0 Å². The maximum absolute atomic E-state index is 13.5. The van der Waals surface area contributed by atoms with E-state index in [-0.39, 0.29) is 0 Å². The van der Waals surface area contributed by atoms with E-state index in [2.05, 4.69) is 5.32 Å². The molecule has 3 rings (SSSR count). The van der Waals surface area contributed by atoms with Crippen LogP contribution in [0.25, 0.3) is 0 Å². The Balaban J connectivity index is 2.25. The largest absolute Gasteiger partial charge is 0.332 e. The van der Waals surface area contributed by atoms with Crippen LogP contribution in [0.5, 0.6) is 0 Å². The fourth-order valence-electron chi connectivity index (χ4n) is 3.39. The van der Waals surface area contributed by atoms with Crippen LogP contribution < -0.4 is 5.32 Å². The van der Waals surface area contributed by atoms with Gasteiger partial charge in [0.25, 0.3) is 5.91 Å². The van der Waals surface area contributed by atoms with E-state index in [4.69, 9.17) is 0 Å². The van der Waals surface area contributed by atoms with Gasteiger partial charge in [-0.3, -0.25) is 24.1 Å². The van der Waals surface area contributed by atoms with Gasteiger partial charge in [0.15, 0.2) is 5.78 Å². The Morgan fingerprint density at radius 1 is 0.923 bits per heavy atom. The lowest BCUT2D eigenvalue weighted by Crippen LogP contribution is -2.55. The van der Waals surface area contributed by atoms with Gasteiger partial charge in [0, 0.05) is 13.8 Å². The van der Waals surface area contributed by atoms with Gasteiger partial charge < -0.3 is 5.32 Å². The van der Waals surface area contributed by atoms with Crippen molar-refractivity contribution in [3.05, 3.63) is 71.8 Å². The Morgan fingerprint density at radius 3 is 1.96 bits per heavy atom. The molecule has 0 saturated carbocycles. The van der Waals surface area contributed by atoms with Gasteiger partial charge in [0.05, 0.1) is 0 Å². The molecule has 1 N–H and O–H groups in total. The summed E-state index contributed by atoms with van der Waals surface area (Å²) in [4.78, 5) is 51.8. The number of imide groups is 1. The van der Waals surface area contributed by atoms with Crippen LogP contribution in [0.4, 0.5) is 0 Å². The molecule has 1 fully saturated rings. The zero-order valence-corrected chi connectivity index (χ0v) is 14.4. The van der Waals surface area contributed by atoms with Crippen molar-refractivity contribution in [1.82, 2.24) is 10.2 Å². The van der Waals surface area contributed by atoms with Crippen molar-refractivity contribution >= 4 is 23.5 Å². The van der Waals surface area contributed by atoms with Crippen molar-refractivity contribution in [3.8, 4) is 0 Å². The Kier molecular flexibility index (Phi) is 4.42. The number of hydrogen-bond acceptors (Lipinski definition) is 4. The van der Waals surface area contributed by atoms with E-state index in [0.29, 0.717) is 11.1 Å². The van der Waals surface area contributed by atoms with Gasteiger partial charge in [0.2, 0.25) is 17.4 Å². The molecular formula is C20H18N2O4. The highest BCUT2D eigenvalue weighted by Crippen LogP contribution is 2.41. The smallest absolute Gasteiger partial charge is 0.268 e. The van der Waals surface area contributed by atoms with Crippen molar-refractivity contribution in [2.24, 2.45) is 0 Å². The first-order valence-electron chi connectivity index (χ1n) is 8.17. The first-order chi connectivity index (χ1) is 12.4. The molecule has 1 aliphatic rings. The van der Waals surface area contributed by atoms with Gasteiger partial charge in [-0.25, -0.2) is 0 Å². The molecule has 132 valence electrons. The predicted molar refractivity (Wildman–Crippen MR) is 93.7 cm³/mol. The van der Waals surface area contributed by atoms with E-state index in [1.807, 2.05) is 0 Å². The molecule has 2 atom stereocenters. The van der Waals surface area contributed by atoms with Crippen LogP contribution in [0, 0.1) is 0 Å². The second kappa shape index (κ2) is 6.55. The lowest BCUT2D eigenvalue weighted by Gasteiger charge is -2.26. The quantitative estimate of drug-likeness (QED) is 0.855. The van der Waals surface area contributed by atoms with Crippen LogP contribution in [0.1, 0.15) is 31.0 Å². The molecule has 6 heteroatoms. The summed E-state index contributed by atoms with van der Waals surface area (Å²) >= 11 is 0. The number of Topliss-reactive ketones (excluding diaryl/α,β-unsaturated/α-hetero) is 1. The highest BCUT2D eigenvalue weighted by Gasteiger charge is 2.62. The van der Waals surface area contributed by atoms with Gasteiger partial charge in [-0.15, -0.1) is 0 Å². The number of nitrogens with zero attached hydrogens (tertiary/aromatic N) is 1. The highest BCUT2D eigenvalue weighted by atomic mass is 16.2. The number of nitrogens with one attached hydrogen (secondary N) is 1. The average Bonchev–Trinajstić information content (AvgIpc) is 2.85. The standard InChI is InChI=1S/C20H18N2O4/c1-13(23)21-20(16-11-7-4-8-12-16)18(25)17(15-9-5-3-6-10-15)22(14(2)24)19(20)26/h3-12,17H,1-2H3,(H,21,23). The predicted octanol–water partition coefficient (Wildman–Crippen LogP) is 1.72. The van der Waals surface area contributed by atoms with Crippen LogP contribution in [-0.2, 0) is 24.7 Å². The fourth-order valence-corrected chi connectivity index (χ4v) is 3.39. The van der Waals surface area contributed by atoms with Gasteiger partial charge in [-0.05, 0) is 11.1 Å². The molecule has 1 saturated heterocycles. The monoisotopic (exact) mass is 350 g/mol. The number of benzene rings is 2. The third kappa shape index (κ3) is 2.60. The molecule has 0 bridgehead atoms. The summed E-state index contributed by atoms with van der Waals surface area (Å²) in [5, 5.41) is 2.52. The van der Waals surface area contributed by atoms with Crippen molar-refractivity contribution in [1.29, 1.82) is 0 Å². The molecule has 2 aromatic carbocycles. The average molecular weight is 350 g/mol. The minimum atomic E-state index is -1.92. The van der Waals surface area contributed by atoms with E-state index in [0.717, 1.165) is 4.90 Å². The fraction of sp³-hybridized carbons (Fsp3) is 0.200. The summed E-state index contributed by atoms with van der Waals surface area (Å²) in [6, 6.07) is 15.8. The van der Waals surface area contributed by atoms with E-state index in [1.54, 1.807) is 60.7 Å². The lowest BCUT2D eigenvalue weighted by atomic mass is 9.84.